The van der Waals surface area contributed by atoms with Gasteiger partial charge in [0.25, 0.3) is 0 Å². The smallest absolute Gasteiger partial charge is 0.247 e. The second-order valence-electron chi connectivity index (χ2n) is 8.39. The molecule has 158 valence electrons. The highest BCUT2D eigenvalue weighted by molar-refractivity contribution is 7.89. The molecule has 1 N–H and O–H groups in total. The number of rotatable bonds is 4. The number of nitrogens with one attached hydrogen (secondary N) is 1. The normalized spacial score (nSPS) is 21.0. The lowest BCUT2D eigenvalue weighted by Crippen LogP contribution is -2.39. The fraction of sp³-hybridized carbons (Fsp3) is 0.318. The van der Waals surface area contributed by atoms with Crippen LogP contribution in [0.15, 0.2) is 64.2 Å². The summed E-state index contributed by atoms with van der Waals surface area (Å²) in [6.07, 6.45) is 5.74. The zero-order valence-corrected chi connectivity index (χ0v) is 17.5. The molecule has 0 amide bonds. The zero-order chi connectivity index (χ0) is 21.1. The van der Waals surface area contributed by atoms with Crippen molar-refractivity contribution < 1.29 is 12.8 Å². The van der Waals surface area contributed by atoms with E-state index in [0.717, 1.165) is 24.8 Å². The quantitative estimate of drug-likeness (QED) is 0.525. The van der Waals surface area contributed by atoms with E-state index in [4.69, 9.17) is 4.42 Å². The summed E-state index contributed by atoms with van der Waals surface area (Å²) in [5.74, 6) is 1.41. The lowest BCUT2D eigenvalue weighted by molar-refractivity contribution is 0.246. The van der Waals surface area contributed by atoms with Crippen molar-refractivity contribution in [2.45, 2.75) is 30.1 Å². The lowest BCUT2D eigenvalue weighted by Gasteiger charge is -2.31. The van der Waals surface area contributed by atoms with Gasteiger partial charge in [-0.15, -0.1) is 10.2 Å². The highest BCUT2D eigenvalue weighted by Gasteiger charge is 2.59. The average molecular weight is 436 g/mol. The van der Waals surface area contributed by atoms with E-state index in [1.807, 2.05) is 30.3 Å². The molecule has 1 aliphatic heterocycles. The number of sulfonamides is 1. The molecule has 9 heteroatoms. The van der Waals surface area contributed by atoms with Gasteiger partial charge in [0.1, 0.15) is 10.5 Å². The maximum Gasteiger partial charge on any atom is 0.247 e. The lowest BCUT2D eigenvalue weighted by atomic mass is 9.92. The number of hydrogen-bond acceptors (Lipinski definition) is 6. The van der Waals surface area contributed by atoms with E-state index < -0.39 is 10.0 Å². The number of piperidine rings is 1. The van der Waals surface area contributed by atoms with E-state index in [0.29, 0.717) is 40.8 Å². The minimum Gasteiger partial charge on any atom is -0.420 e. The maximum atomic E-state index is 13.2. The molecule has 8 nitrogen and oxygen atoms in total. The van der Waals surface area contributed by atoms with Gasteiger partial charge in [-0.3, -0.25) is 0 Å². The number of pyridine rings is 1. The fourth-order valence-electron chi connectivity index (χ4n) is 4.78. The summed E-state index contributed by atoms with van der Waals surface area (Å²) in [6.45, 7) is 0.983. The van der Waals surface area contributed by atoms with Crippen molar-refractivity contribution in [3.63, 3.8) is 0 Å². The first-order valence-corrected chi connectivity index (χ1v) is 11.8. The van der Waals surface area contributed by atoms with Gasteiger partial charge in [-0.25, -0.2) is 13.4 Å². The number of hydrogen-bond donors (Lipinski definition) is 1. The SMILES string of the molecule is O=S(=O)(c1c[nH]c2ncccc12)N1CCC2(CC1)CC2c1nnc(-c2ccccc2)o1. The summed E-state index contributed by atoms with van der Waals surface area (Å²) >= 11 is 0. The first-order valence-electron chi connectivity index (χ1n) is 10.4. The van der Waals surface area contributed by atoms with Crippen molar-refractivity contribution in [3.8, 4) is 11.5 Å². The molecule has 0 radical (unpaired) electrons. The first kappa shape index (κ1) is 18.7. The molecule has 31 heavy (non-hydrogen) atoms. The van der Waals surface area contributed by atoms with Gasteiger partial charge in [0.15, 0.2) is 0 Å². The van der Waals surface area contributed by atoms with Crippen molar-refractivity contribution in [2.75, 3.05) is 13.1 Å². The van der Waals surface area contributed by atoms with E-state index in [2.05, 4.69) is 20.2 Å². The number of aromatic amines is 1. The average Bonchev–Trinajstić information content (AvgIpc) is 3.16. The molecule has 1 atom stereocenters. The van der Waals surface area contributed by atoms with Crippen LogP contribution in [0.1, 0.15) is 31.1 Å². The number of nitrogens with zero attached hydrogens (tertiary/aromatic N) is 4. The number of H-pyrrole nitrogens is 1. The summed E-state index contributed by atoms with van der Waals surface area (Å²) in [6, 6.07) is 13.3. The molecule has 3 aromatic heterocycles. The van der Waals surface area contributed by atoms with E-state index >= 15 is 0 Å². The highest BCUT2D eigenvalue weighted by atomic mass is 32.2. The van der Waals surface area contributed by atoms with Gasteiger partial charge in [-0.2, -0.15) is 4.31 Å². The van der Waals surface area contributed by atoms with Crippen LogP contribution >= 0.6 is 0 Å². The topological polar surface area (TPSA) is 105 Å². The third kappa shape index (κ3) is 2.99. The van der Waals surface area contributed by atoms with Gasteiger partial charge in [0.2, 0.25) is 21.8 Å². The molecule has 2 fully saturated rings. The Balaban J connectivity index is 1.18. The predicted octanol–water partition coefficient (Wildman–Crippen LogP) is 3.57. The van der Waals surface area contributed by atoms with Crippen molar-refractivity contribution in [3.05, 3.63) is 60.7 Å². The Morgan fingerprint density at radius 1 is 1.06 bits per heavy atom. The van der Waals surface area contributed by atoms with Crippen LogP contribution < -0.4 is 0 Å². The molecular formula is C22H21N5O3S. The van der Waals surface area contributed by atoms with Crippen LogP contribution in [-0.2, 0) is 10.0 Å². The highest BCUT2D eigenvalue weighted by Crippen LogP contribution is 2.64. The molecule has 6 rings (SSSR count). The largest absolute Gasteiger partial charge is 0.420 e. The molecule has 1 spiro atoms. The van der Waals surface area contributed by atoms with Crippen molar-refractivity contribution in [1.29, 1.82) is 0 Å². The minimum absolute atomic E-state index is 0.0638. The molecular weight excluding hydrogens is 414 g/mol. The Hall–Kier alpha value is -3.04. The van der Waals surface area contributed by atoms with Crippen molar-refractivity contribution in [1.82, 2.24) is 24.5 Å². The number of aromatic nitrogens is 4. The summed E-state index contributed by atoms with van der Waals surface area (Å²) in [4.78, 5) is 7.46. The molecule has 4 aromatic rings. The first-order chi connectivity index (χ1) is 15.1. The monoisotopic (exact) mass is 435 g/mol. The van der Waals surface area contributed by atoms with Gasteiger partial charge in [0.05, 0.1) is 0 Å². The third-order valence-corrected chi connectivity index (χ3v) is 8.64. The van der Waals surface area contributed by atoms with E-state index in [-0.39, 0.29) is 11.3 Å². The van der Waals surface area contributed by atoms with Gasteiger partial charge in [-0.05, 0) is 48.9 Å². The summed E-state index contributed by atoms with van der Waals surface area (Å²) < 4.78 is 34.0. The van der Waals surface area contributed by atoms with E-state index in [9.17, 15) is 8.42 Å². The molecule has 1 aromatic carbocycles. The Bertz CT molecular complexity index is 1350. The minimum atomic E-state index is -3.57. The van der Waals surface area contributed by atoms with Gasteiger partial charge in [-0.1, -0.05) is 18.2 Å². The van der Waals surface area contributed by atoms with Crippen LogP contribution in [0.3, 0.4) is 0 Å². The van der Waals surface area contributed by atoms with E-state index in [1.54, 1.807) is 28.8 Å². The molecule has 0 bridgehead atoms. The predicted molar refractivity (Wildman–Crippen MR) is 114 cm³/mol. The van der Waals surface area contributed by atoms with Crippen LogP contribution in [0, 0.1) is 5.41 Å². The second kappa shape index (κ2) is 6.73. The number of benzene rings is 1. The van der Waals surface area contributed by atoms with Crippen LogP contribution in [0.25, 0.3) is 22.5 Å². The summed E-state index contributed by atoms with van der Waals surface area (Å²) in [5, 5.41) is 9.13. The van der Waals surface area contributed by atoms with Crippen LogP contribution in [0.4, 0.5) is 0 Å². The number of fused-ring (bicyclic) bond motifs is 1. The van der Waals surface area contributed by atoms with Gasteiger partial charge < -0.3 is 9.40 Å². The Labute approximate surface area is 179 Å². The van der Waals surface area contributed by atoms with Crippen LogP contribution in [-0.4, -0.2) is 46.0 Å². The van der Waals surface area contributed by atoms with Crippen molar-refractivity contribution >= 4 is 21.1 Å². The second-order valence-corrected chi connectivity index (χ2v) is 10.3. The summed E-state index contributed by atoms with van der Waals surface area (Å²) in [5.41, 5.74) is 1.56. The fourth-order valence-corrected chi connectivity index (χ4v) is 6.37. The Kier molecular flexibility index (Phi) is 4.06. The maximum absolute atomic E-state index is 13.2. The van der Waals surface area contributed by atoms with Crippen molar-refractivity contribution in [2.24, 2.45) is 5.41 Å². The zero-order valence-electron chi connectivity index (χ0n) is 16.7. The molecule has 1 saturated heterocycles. The molecule has 1 aliphatic carbocycles. The standard InChI is InChI=1S/C22H21N5O3S/c28-31(29,18-14-24-19-16(18)7-4-10-23-19)27-11-8-22(9-12-27)13-17(22)21-26-25-20(30-21)15-5-2-1-3-6-15/h1-7,10,14,17H,8-9,11-13H2,(H,23,24). The van der Waals surface area contributed by atoms with Crippen LogP contribution in [0.5, 0.6) is 0 Å². The van der Waals surface area contributed by atoms with Gasteiger partial charge in [0, 0.05) is 42.4 Å². The van der Waals surface area contributed by atoms with Crippen LogP contribution in [0.2, 0.25) is 0 Å². The van der Waals surface area contributed by atoms with Gasteiger partial charge >= 0.3 is 0 Å². The molecule has 4 heterocycles. The third-order valence-electron chi connectivity index (χ3n) is 6.70. The molecule has 1 saturated carbocycles. The molecule has 1 unspecified atom stereocenters. The van der Waals surface area contributed by atoms with E-state index in [1.165, 1.54) is 0 Å². The Morgan fingerprint density at radius 3 is 2.68 bits per heavy atom. The summed E-state index contributed by atoms with van der Waals surface area (Å²) in [7, 11) is -3.57. The Morgan fingerprint density at radius 2 is 1.87 bits per heavy atom. The molecule has 2 aliphatic rings.